The van der Waals surface area contributed by atoms with Crippen LogP contribution in [0.15, 0.2) is 36.7 Å². The van der Waals surface area contributed by atoms with Gasteiger partial charge in [0.05, 0.1) is 25.1 Å². The van der Waals surface area contributed by atoms with Crippen LogP contribution in [0.1, 0.15) is 33.9 Å². The van der Waals surface area contributed by atoms with Crippen molar-refractivity contribution in [3.05, 3.63) is 36.7 Å². The van der Waals surface area contributed by atoms with E-state index in [1.807, 2.05) is 0 Å². The number of fused-ring (bicyclic) bond motifs is 1. The summed E-state index contributed by atoms with van der Waals surface area (Å²) in [6.07, 6.45) is -4.70. The highest BCUT2D eigenvalue weighted by Gasteiger charge is 2.56. The third kappa shape index (κ3) is 6.36. The van der Waals surface area contributed by atoms with Crippen LogP contribution in [0.2, 0.25) is 0 Å². The van der Waals surface area contributed by atoms with Gasteiger partial charge in [0.25, 0.3) is 0 Å². The first-order chi connectivity index (χ1) is 18.8. The van der Waals surface area contributed by atoms with E-state index in [1.54, 1.807) is 51.2 Å². The number of nitrogen functional groups attached to an aromatic ring is 1. The number of anilines is 2. The lowest BCUT2D eigenvalue weighted by Crippen LogP contribution is -2.42. The fourth-order valence-electron chi connectivity index (χ4n) is 4.22. The number of aliphatic hydroxyl groups excluding tert-OH is 2. The Hall–Kier alpha value is -2.91. The lowest BCUT2D eigenvalue weighted by Gasteiger charge is -2.28. The maximum atomic E-state index is 16.0. The molecule has 1 aromatic carbocycles. The van der Waals surface area contributed by atoms with Crippen molar-refractivity contribution in [3.8, 4) is 5.75 Å². The summed E-state index contributed by atoms with van der Waals surface area (Å²) in [6, 6.07) is 7.33. The Bertz CT molecular complexity index is 1350. The summed E-state index contributed by atoms with van der Waals surface area (Å²) in [6.45, 7) is 5.63. The molecule has 3 heterocycles. The van der Waals surface area contributed by atoms with Gasteiger partial charge in [-0.2, -0.15) is 9.97 Å². The number of ether oxygens (including phenoxy) is 2. The van der Waals surface area contributed by atoms with E-state index in [1.165, 1.54) is 17.8 Å². The Kier molecular flexibility index (Phi) is 8.95. The molecule has 0 amide bonds. The third-order valence-electron chi connectivity index (χ3n) is 6.22. The van der Waals surface area contributed by atoms with E-state index >= 15 is 4.39 Å². The monoisotopic (exact) mass is 583 g/mol. The Balaban J connectivity index is 1.56. The Labute approximate surface area is 230 Å². The van der Waals surface area contributed by atoms with Crippen molar-refractivity contribution in [2.45, 2.75) is 70.2 Å². The molecule has 4 rings (SSSR count). The van der Waals surface area contributed by atoms with Gasteiger partial charge < -0.3 is 35.3 Å². The van der Waals surface area contributed by atoms with E-state index < -0.39 is 50.8 Å². The van der Waals surface area contributed by atoms with E-state index in [2.05, 4.69) is 25.4 Å². The molecule has 0 aliphatic carbocycles. The summed E-state index contributed by atoms with van der Waals surface area (Å²) >= 11 is 0. The molecule has 1 saturated heterocycles. The molecule has 1 aliphatic rings. The smallest absolute Gasteiger partial charge is 0.413 e. The van der Waals surface area contributed by atoms with Crippen LogP contribution in [0.3, 0.4) is 0 Å². The predicted molar refractivity (Wildman–Crippen MR) is 144 cm³/mol. The molecule has 0 bridgehead atoms. The molecule has 2 aromatic heterocycles. The first-order valence-electron chi connectivity index (χ1n) is 12.7. The second-order valence-electron chi connectivity index (χ2n) is 9.82. The zero-order chi connectivity index (χ0) is 29.2. The zero-order valence-corrected chi connectivity index (χ0v) is 23.7. The summed E-state index contributed by atoms with van der Waals surface area (Å²) in [5.41, 5.74) is 3.98. The number of rotatable bonds is 12. The standard InChI is InChI=1S/C24H35FN7O7P/c1-13(2)37-21(34)14(3)31-40(35,39-15-9-7-6-8-10-15)36-11-16-18(33)24(4,25)22(38-16)32-12-28-17-19(27-5)29-23(26)30-20(17)32/h6-10,12-14,16,18,21-22,33-34H,11H2,1-5H3,(H,31,35)(H3,26,27,29,30)/t14-,16+,18+,21?,22+,24+,40?/m0/s1. The number of para-hydroxylation sites is 1. The molecular weight excluding hydrogens is 548 g/mol. The van der Waals surface area contributed by atoms with Gasteiger partial charge >= 0.3 is 7.75 Å². The van der Waals surface area contributed by atoms with Crippen molar-refractivity contribution < 1.29 is 37.7 Å². The molecule has 220 valence electrons. The second kappa shape index (κ2) is 11.9. The van der Waals surface area contributed by atoms with Gasteiger partial charge in [-0.25, -0.2) is 19.0 Å². The minimum absolute atomic E-state index is 0.0691. The normalized spacial score (nSPS) is 26.1. The molecule has 7 atom stereocenters. The fourth-order valence-corrected chi connectivity index (χ4v) is 5.77. The minimum Gasteiger partial charge on any atom is -0.413 e. The fraction of sp³-hybridized carbons (Fsp3) is 0.542. The molecular formula is C24H35FN7O7P. The van der Waals surface area contributed by atoms with Crippen molar-refractivity contribution in [3.63, 3.8) is 0 Å². The average molecular weight is 584 g/mol. The van der Waals surface area contributed by atoms with Crippen molar-refractivity contribution in [2.75, 3.05) is 24.7 Å². The summed E-state index contributed by atoms with van der Waals surface area (Å²) in [5.74, 6) is 0.483. The van der Waals surface area contributed by atoms with Crippen LogP contribution in [0.4, 0.5) is 16.2 Å². The van der Waals surface area contributed by atoms with E-state index in [-0.39, 0.29) is 23.4 Å². The number of alkyl halides is 1. The van der Waals surface area contributed by atoms with Crippen LogP contribution in [-0.2, 0) is 18.6 Å². The second-order valence-corrected chi connectivity index (χ2v) is 11.5. The molecule has 1 aliphatic heterocycles. The molecule has 3 aromatic rings. The first kappa shape index (κ1) is 30.1. The zero-order valence-electron chi connectivity index (χ0n) is 22.8. The number of nitrogens with one attached hydrogen (secondary N) is 2. The SMILES string of the molecule is CNc1nc(N)nc2c1ncn2[C@@H]1O[C@H](COP(=O)(N[C@@H](C)C(O)OC(C)C)Oc2ccccc2)[C@@H](O)[C@@]1(C)F. The van der Waals surface area contributed by atoms with Crippen LogP contribution < -0.4 is 20.7 Å². The van der Waals surface area contributed by atoms with Gasteiger partial charge in [-0.15, -0.1) is 0 Å². The van der Waals surface area contributed by atoms with Gasteiger partial charge in [-0.05, 0) is 39.8 Å². The number of aliphatic hydroxyl groups is 2. The van der Waals surface area contributed by atoms with Gasteiger partial charge in [-0.3, -0.25) is 9.09 Å². The van der Waals surface area contributed by atoms with Gasteiger partial charge in [-0.1, -0.05) is 18.2 Å². The maximum Gasteiger partial charge on any atom is 0.459 e. The average Bonchev–Trinajstić information content (AvgIpc) is 3.40. The number of hydrogen-bond acceptors (Lipinski definition) is 12. The number of imidazole rings is 1. The van der Waals surface area contributed by atoms with Crippen molar-refractivity contribution in [1.29, 1.82) is 0 Å². The minimum atomic E-state index is -4.22. The van der Waals surface area contributed by atoms with Gasteiger partial charge in [0.15, 0.2) is 35.2 Å². The Morgan fingerprint density at radius 1 is 1.27 bits per heavy atom. The highest BCUT2D eigenvalue weighted by atomic mass is 31.2. The largest absolute Gasteiger partial charge is 0.459 e. The molecule has 0 saturated carbocycles. The molecule has 6 N–H and O–H groups in total. The van der Waals surface area contributed by atoms with Crippen LogP contribution in [-0.4, -0.2) is 79.7 Å². The number of hydrogen-bond donors (Lipinski definition) is 5. The molecule has 0 radical (unpaired) electrons. The third-order valence-corrected chi connectivity index (χ3v) is 7.89. The quantitative estimate of drug-likeness (QED) is 0.155. The number of benzene rings is 1. The van der Waals surface area contributed by atoms with Crippen molar-refractivity contribution in [1.82, 2.24) is 24.6 Å². The topological polar surface area (TPSA) is 188 Å². The van der Waals surface area contributed by atoms with Gasteiger partial charge in [0.1, 0.15) is 18.0 Å². The summed E-state index contributed by atoms with van der Waals surface area (Å²) in [4.78, 5) is 12.5. The predicted octanol–water partition coefficient (Wildman–Crippen LogP) is 2.36. The van der Waals surface area contributed by atoms with Crippen LogP contribution in [0.25, 0.3) is 11.2 Å². The number of aromatic nitrogens is 4. The van der Waals surface area contributed by atoms with Crippen LogP contribution >= 0.6 is 7.75 Å². The summed E-state index contributed by atoms with van der Waals surface area (Å²) in [7, 11) is -2.59. The Morgan fingerprint density at radius 3 is 2.62 bits per heavy atom. The lowest BCUT2D eigenvalue weighted by atomic mass is 9.98. The molecule has 2 unspecified atom stereocenters. The lowest BCUT2D eigenvalue weighted by molar-refractivity contribution is -0.138. The van der Waals surface area contributed by atoms with E-state index in [0.29, 0.717) is 11.3 Å². The highest BCUT2D eigenvalue weighted by Crippen LogP contribution is 2.48. The summed E-state index contributed by atoms with van der Waals surface area (Å²) < 4.78 is 53.6. The molecule has 40 heavy (non-hydrogen) atoms. The number of nitrogens with two attached hydrogens (primary N) is 1. The Morgan fingerprint density at radius 2 is 1.98 bits per heavy atom. The van der Waals surface area contributed by atoms with E-state index in [9.17, 15) is 14.8 Å². The van der Waals surface area contributed by atoms with E-state index in [0.717, 1.165) is 6.92 Å². The molecule has 1 fully saturated rings. The highest BCUT2D eigenvalue weighted by molar-refractivity contribution is 7.52. The van der Waals surface area contributed by atoms with Crippen LogP contribution in [0, 0.1) is 0 Å². The van der Waals surface area contributed by atoms with Crippen molar-refractivity contribution >= 4 is 30.7 Å². The number of halogens is 1. The molecule has 16 heteroatoms. The molecule has 0 spiro atoms. The van der Waals surface area contributed by atoms with Gasteiger partial charge in [0, 0.05) is 7.05 Å². The molecule has 14 nitrogen and oxygen atoms in total. The first-order valence-corrected chi connectivity index (χ1v) is 14.2. The maximum absolute atomic E-state index is 16.0. The van der Waals surface area contributed by atoms with E-state index in [4.69, 9.17) is 24.3 Å². The van der Waals surface area contributed by atoms with Gasteiger partial charge in [0.2, 0.25) is 5.95 Å². The summed E-state index contributed by atoms with van der Waals surface area (Å²) in [5, 5.41) is 26.7. The van der Waals surface area contributed by atoms with Crippen molar-refractivity contribution in [2.24, 2.45) is 0 Å². The van der Waals surface area contributed by atoms with Crippen LogP contribution in [0.5, 0.6) is 5.75 Å². The number of nitrogens with zero attached hydrogens (tertiary/aromatic N) is 4.